The number of carboxylic acids is 1. The van der Waals surface area contributed by atoms with Crippen molar-refractivity contribution in [1.29, 1.82) is 0 Å². The van der Waals surface area contributed by atoms with Crippen LogP contribution >= 0.6 is 0 Å². The summed E-state index contributed by atoms with van der Waals surface area (Å²) in [5.74, 6) is -1.24. The molecule has 6 nitrogen and oxygen atoms in total. The Hall–Kier alpha value is -2.63. The quantitative estimate of drug-likeness (QED) is 0.0377. The van der Waals surface area contributed by atoms with Crippen molar-refractivity contribution in [3.8, 4) is 0 Å². The lowest BCUT2D eigenvalue weighted by Crippen LogP contribution is -2.28. The van der Waals surface area contributed by atoms with Crippen LogP contribution in [0.1, 0.15) is 206 Å². The highest BCUT2D eigenvalue weighted by molar-refractivity contribution is 5.80. The van der Waals surface area contributed by atoms with E-state index in [2.05, 4.69) is 67.8 Å². The maximum absolute atomic E-state index is 12.7. The Labute approximate surface area is 314 Å². The summed E-state index contributed by atoms with van der Waals surface area (Å²) in [6.07, 6.45) is 50.9. The lowest BCUT2D eigenvalue weighted by molar-refractivity contribution is -0.150. The van der Waals surface area contributed by atoms with E-state index < -0.39 is 5.97 Å². The van der Waals surface area contributed by atoms with Crippen LogP contribution in [0.15, 0.2) is 48.6 Å². The van der Waals surface area contributed by atoms with Crippen LogP contribution in [-0.2, 0) is 19.1 Å². The van der Waals surface area contributed by atoms with Crippen molar-refractivity contribution < 1.29 is 24.2 Å². The number of unbranched alkanes of at least 4 members (excludes halogenated alkanes) is 19. The van der Waals surface area contributed by atoms with E-state index in [1.165, 1.54) is 89.9 Å². The summed E-state index contributed by atoms with van der Waals surface area (Å²) in [5.41, 5.74) is 0. The lowest BCUT2D eigenvalue weighted by atomic mass is 10.0. The van der Waals surface area contributed by atoms with Crippen molar-refractivity contribution in [2.75, 3.05) is 6.54 Å². The van der Waals surface area contributed by atoms with Gasteiger partial charge in [0.15, 0.2) is 0 Å². The number of nitrogens with one attached hydrogen (secondary N) is 1. The molecule has 0 saturated carbocycles. The molecule has 0 bridgehead atoms. The molecule has 0 rings (SSSR count). The first-order valence-electron chi connectivity index (χ1n) is 21.3. The predicted octanol–water partition coefficient (Wildman–Crippen LogP) is 13.1. The predicted molar refractivity (Wildman–Crippen MR) is 217 cm³/mol. The first-order valence-corrected chi connectivity index (χ1v) is 21.3. The molecule has 0 aromatic carbocycles. The molecule has 294 valence electrons. The Kier molecular flexibility index (Phi) is 38.1. The Balaban J connectivity index is 4.02. The molecule has 0 aliphatic rings. The summed E-state index contributed by atoms with van der Waals surface area (Å²) in [4.78, 5) is 34.9. The molecular formula is C45H79NO5. The molecule has 6 heteroatoms. The third kappa shape index (κ3) is 40.0. The first kappa shape index (κ1) is 48.4. The molecule has 0 fully saturated rings. The highest BCUT2D eigenvalue weighted by Crippen LogP contribution is 2.19. The van der Waals surface area contributed by atoms with Gasteiger partial charge in [0.1, 0.15) is 12.6 Å². The van der Waals surface area contributed by atoms with Crippen molar-refractivity contribution in [3.05, 3.63) is 48.6 Å². The zero-order valence-electron chi connectivity index (χ0n) is 33.2. The average molecular weight is 714 g/mol. The Bertz CT molecular complexity index is 922. The molecule has 0 aromatic rings. The van der Waals surface area contributed by atoms with Gasteiger partial charge in [-0.25, -0.2) is 0 Å². The van der Waals surface area contributed by atoms with Crippen molar-refractivity contribution in [1.82, 2.24) is 5.32 Å². The van der Waals surface area contributed by atoms with E-state index >= 15 is 0 Å². The maximum atomic E-state index is 12.7. The highest BCUT2D eigenvalue weighted by atomic mass is 16.5. The number of esters is 1. The fraction of sp³-hybridized carbons (Fsp3) is 0.756. The summed E-state index contributed by atoms with van der Waals surface area (Å²) >= 11 is 0. The molecule has 0 spiro atoms. The fourth-order valence-electron chi connectivity index (χ4n) is 6.15. The van der Waals surface area contributed by atoms with Gasteiger partial charge in [-0.1, -0.05) is 165 Å². The second kappa shape index (κ2) is 40.1. The largest absolute Gasteiger partial charge is 0.480 e. The second-order valence-electron chi connectivity index (χ2n) is 14.2. The number of amides is 1. The Morgan fingerprint density at radius 1 is 0.529 bits per heavy atom. The van der Waals surface area contributed by atoms with Gasteiger partial charge >= 0.3 is 11.9 Å². The molecule has 1 unspecified atom stereocenters. The van der Waals surface area contributed by atoms with Crippen LogP contribution < -0.4 is 5.32 Å². The summed E-state index contributed by atoms with van der Waals surface area (Å²) in [6.45, 7) is 4.10. The van der Waals surface area contributed by atoms with Gasteiger partial charge in [-0.3, -0.25) is 14.4 Å². The summed E-state index contributed by atoms with van der Waals surface area (Å²) in [5, 5.41) is 11.1. The standard InChI is InChI=1S/C45H79NO5/c1-3-5-7-9-11-13-14-15-16-17-18-19-20-21-22-23-24-25-27-32-36-40-45(50)51-42(37-33-29-26-12-10-8-6-4-2)38-34-30-28-31-35-39-43(47)46-41-44(48)49/h5,7,11,13,15-16,18-19,42H,3-4,6,8-10,12,14,17,20-41H2,1-2H3,(H,46,47)(H,48,49)/b7-5-,13-11-,16-15-,19-18-. The van der Waals surface area contributed by atoms with Crippen LogP contribution in [0, 0.1) is 0 Å². The van der Waals surface area contributed by atoms with E-state index in [0.717, 1.165) is 89.9 Å². The minimum absolute atomic E-state index is 0.0241. The van der Waals surface area contributed by atoms with Crippen LogP contribution in [0.4, 0.5) is 0 Å². The van der Waals surface area contributed by atoms with E-state index in [4.69, 9.17) is 9.84 Å². The second-order valence-corrected chi connectivity index (χ2v) is 14.2. The normalized spacial score (nSPS) is 12.5. The van der Waals surface area contributed by atoms with E-state index in [-0.39, 0.29) is 24.5 Å². The van der Waals surface area contributed by atoms with Crippen molar-refractivity contribution in [2.45, 2.75) is 213 Å². The van der Waals surface area contributed by atoms with Crippen LogP contribution in [0.3, 0.4) is 0 Å². The number of hydrogen-bond donors (Lipinski definition) is 2. The number of hydrogen-bond acceptors (Lipinski definition) is 4. The van der Waals surface area contributed by atoms with Gasteiger partial charge in [0.05, 0.1) is 0 Å². The van der Waals surface area contributed by atoms with E-state index in [9.17, 15) is 14.4 Å². The Morgan fingerprint density at radius 3 is 1.47 bits per heavy atom. The van der Waals surface area contributed by atoms with Crippen LogP contribution in [0.5, 0.6) is 0 Å². The van der Waals surface area contributed by atoms with Crippen molar-refractivity contribution in [2.24, 2.45) is 0 Å². The number of rotatable bonds is 38. The van der Waals surface area contributed by atoms with Crippen LogP contribution in [0.25, 0.3) is 0 Å². The molecule has 0 aliphatic carbocycles. The van der Waals surface area contributed by atoms with E-state index in [1.54, 1.807) is 0 Å². The summed E-state index contributed by atoms with van der Waals surface area (Å²) < 4.78 is 6.01. The molecule has 0 aliphatic heterocycles. The minimum atomic E-state index is -1.02. The zero-order valence-corrected chi connectivity index (χ0v) is 33.2. The molecule has 2 N–H and O–H groups in total. The van der Waals surface area contributed by atoms with Gasteiger partial charge in [-0.05, 0) is 77.0 Å². The number of allylic oxidation sites excluding steroid dienone is 8. The fourth-order valence-corrected chi connectivity index (χ4v) is 6.15. The van der Waals surface area contributed by atoms with Crippen LogP contribution in [-0.4, -0.2) is 35.6 Å². The number of ether oxygens (including phenoxy) is 1. The number of aliphatic carboxylic acids is 1. The van der Waals surface area contributed by atoms with Gasteiger partial charge in [0, 0.05) is 12.8 Å². The maximum Gasteiger partial charge on any atom is 0.322 e. The molecule has 0 radical (unpaired) electrons. The van der Waals surface area contributed by atoms with Gasteiger partial charge in [-0.15, -0.1) is 0 Å². The van der Waals surface area contributed by atoms with E-state index in [1.807, 2.05) is 0 Å². The SMILES string of the molecule is CC/C=C\C/C=C\C/C=C\C/C=C\CCCCCCCCCCC(=O)OC(CCCCCCCCCC)CCCCCCCC(=O)NCC(=O)O. The molecule has 1 amide bonds. The molecular weight excluding hydrogens is 634 g/mol. The van der Waals surface area contributed by atoms with Gasteiger partial charge < -0.3 is 15.2 Å². The molecule has 0 saturated heterocycles. The molecule has 0 aromatic heterocycles. The minimum Gasteiger partial charge on any atom is -0.480 e. The topological polar surface area (TPSA) is 92.7 Å². The zero-order chi connectivity index (χ0) is 37.3. The van der Waals surface area contributed by atoms with Crippen LogP contribution in [0.2, 0.25) is 0 Å². The summed E-state index contributed by atoms with van der Waals surface area (Å²) in [7, 11) is 0. The monoisotopic (exact) mass is 714 g/mol. The lowest BCUT2D eigenvalue weighted by Gasteiger charge is -2.18. The third-order valence-corrected chi connectivity index (χ3v) is 9.27. The Morgan fingerprint density at radius 2 is 0.961 bits per heavy atom. The van der Waals surface area contributed by atoms with Crippen molar-refractivity contribution >= 4 is 17.8 Å². The number of carbonyl (C=O) groups excluding carboxylic acids is 2. The number of carboxylic acid groups (broad SMARTS) is 1. The average Bonchev–Trinajstić information content (AvgIpc) is 3.11. The van der Waals surface area contributed by atoms with Gasteiger partial charge in [-0.2, -0.15) is 0 Å². The van der Waals surface area contributed by atoms with Gasteiger partial charge in [0.2, 0.25) is 5.91 Å². The smallest absolute Gasteiger partial charge is 0.322 e. The van der Waals surface area contributed by atoms with Gasteiger partial charge in [0.25, 0.3) is 0 Å². The molecule has 0 heterocycles. The third-order valence-electron chi connectivity index (χ3n) is 9.27. The highest BCUT2D eigenvalue weighted by Gasteiger charge is 2.14. The number of carbonyl (C=O) groups is 3. The van der Waals surface area contributed by atoms with Crippen molar-refractivity contribution in [3.63, 3.8) is 0 Å². The molecule has 51 heavy (non-hydrogen) atoms. The first-order chi connectivity index (χ1) is 25.0. The van der Waals surface area contributed by atoms with E-state index in [0.29, 0.717) is 12.8 Å². The molecule has 1 atom stereocenters. The summed E-state index contributed by atoms with van der Waals surface area (Å²) in [6, 6.07) is 0.